The number of anilines is 2. The third kappa shape index (κ3) is 3.65. The molecule has 7 heteroatoms. The van der Waals surface area contributed by atoms with Gasteiger partial charge in [-0.3, -0.25) is 9.59 Å². The van der Waals surface area contributed by atoms with Crippen molar-refractivity contribution in [1.29, 1.82) is 0 Å². The number of hydrogen-bond acceptors (Lipinski definition) is 4. The van der Waals surface area contributed by atoms with E-state index < -0.39 is 0 Å². The van der Waals surface area contributed by atoms with E-state index in [4.69, 9.17) is 17.3 Å². The minimum absolute atomic E-state index is 0.0386. The summed E-state index contributed by atoms with van der Waals surface area (Å²) in [7, 11) is 0. The third-order valence-electron chi connectivity index (χ3n) is 3.20. The molecule has 21 heavy (non-hydrogen) atoms. The number of nitrogens with zero attached hydrogens (tertiary/aromatic N) is 1. The first-order valence-corrected chi connectivity index (χ1v) is 7.59. The number of nitrogen functional groups attached to an aromatic ring is 1. The van der Waals surface area contributed by atoms with Gasteiger partial charge in [0.25, 0.3) is 0 Å². The van der Waals surface area contributed by atoms with Crippen LogP contribution in [-0.4, -0.2) is 10.5 Å². The van der Waals surface area contributed by atoms with Crippen LogP contribution >= 0.6 is 22.9 Å². The van der Waals surface area contributed by atoms with E-state index in [2.05, 4.69) is 5.32 Å². The van der Waals surface area contributed by atoms with E-state index in [1.54, 1.807) is 22.8 Å². The maximum atomic E-state index is 11.9. The van der Waals surface area contributed by atoms with Crippen molar-refractivity contribution in [2.24, 2.45) is 0 Å². The van der Waals surface area contributed by atoms with Crippen LogP contribution in [0, 0.1) is 13.8 Å². The van der Waals surface area contributed by atoms with Gasteiger partial charge in [0.05, 0.1) is 10.7 Å². The Bertz CT molecular complexity index is 736. The predicted octanol–water partition coefficient (Wildman–Crippen LogP) is 2.79. The quantitative estimate of drug-likeness (QED) is 0.848. The van der Waals surface area contributed by atoms with Gasteiger partial charge in [0.2, 0.25) is 5.91 Å². The molecule has 0 radical (unpaired) electrons. The number of amides is 1. The summed E-state index contributed by atoms with van der Waals surface area (Å²) in [6.45, 7) is 4.13. The Hall–Kier alpha value is -1.79. The zero-order valence-electron chi connectivity index (χ0n) is 11.8. The molecular formula is C14H16ClN3O2S. The van der Waals surface area contributed by atoms with Gasteiger partial charge in [-0.25, -0.2) is 0 Å². The average Bonchev–Trinajstić information content (AvgIpc) is 2.65. The summed E-state index contributed by atoms with van der Waals surface area (Å²) in [6.07, 6.45) is 0.206. The normalized spacial score (nSPS) is 10.6. The second-order valence-electron chi connectivity index (χ2n) is 4.70. The minimum Gasteiger partial charge on any atom is -0.399 e. The van der Waals surface area contributed by atoms with Crippen LogP contribution in [0.5, 0.6) is 0 Å². The number of benzene rings is 1. The van der Waals surface area contributed by atoms with Crippen molar-refractivity contribution in [3.63, 3.8) is 0 Å². The molecule has 0 aliphatic heterocycles. The number of halogens is 1. The van der Waals surface area contributed by atoms with Crippen molar-refractivity contribution < 1.29 is 4.79 Å². The van der Waals surface area contributed by atoms with Gasteiger partial charge in [0.1, 0.15) is 0 Å². The number of aryl methyl sites for hydroxylation is 1. The molecule has 5 nitrogen and oxygen atoms in total. The first-order chi connectivity index (χ1) is 9.88. The molecule has 3 N–H and O–H groups in total. The van der Waals surface area contributed by atoms with Gasteiger partial charge in [-0.15, -0.1) is 0 Å². The number of nitrogens with two attached hydrogens (primary N) is 1. The van der Waals surface area contributed by atoms with Crippen molar-refractivity contribution in [3.8, 4) is 0 Å². The Kier molecular flexibility index (Phi) is 4.69. The molecule has 112 valence electrons. The lowest BCUT2D eigenvalue weighted by Gasteiger charge is -2.09. The molecule has 0 atom stereocenters. The highest BCUT2D eigenvalue weighted by atomic mass is 35.5. The monoisotopic (exact) mass is 325 g/mol. The van der Waals surface area contributed by atoms with Gasteiger partial charge in [-0.2, -0.15) is 0 Å². The van der Waals surface area contributed by atoms with Crippen molar-refractivity contribution in [3.05, 3.63) is 43.5 Å². The first-order valence-electron chi connectivity index (χ1n) is 6.40. The molecule has 1 aromatic carbocycles. The molecule has 0 spiro atoms. The molecule has 2 aromatic rings. The van der Waals surface area contributed by atoms with Crippen LogP contribution < -0.4 is 15.9 Å². The van der Waals surface area contributed by atoms with E-state index in [-0.39, 0.29) is 17.2 Å². The maximum absolute atomic E-state index is 11.9. The second-order valence-corrected chi connectivity index (χ2v) is 6.27. The highest BCUT2D eigenvalue weighted by molar-refractivity contribution is 7.09. The second kappa shape index (κ2) is 6.32. The van der Waals surface area contributed by atoms with Crippen molar-refractivity contribution >= 4 is 40.2 Å². The zero-order chi connectivity index (χ0) is 15.6. The zero-order valence-corrected chi connectivity index (χ0v) is 13.3. The first kappa shape index (κ1) is 15.6. The van der Waals surface area contributed by atoms with Gasteiger partial charge in [-0.1, -0.05) is 22.9 Å². The highest BCUT2D eigenvalue weighted by Gasteiger charge is 2.10. The van der Waals surface area contributed by atoms with Crippen LogP contribution in [-0.2, 0) is 11.3 Å². The summed E-state index contributed by atoms with van der Waals surface area (Å²) in [6, 6.07) is 4.90. The summed E-state index contributed by atoms with van der Waals surface area (Å²) in [5, 5.41) is 3.11. The van der Waals surface area contributed by atoms with Crippen molar-refractivity contribution in [1.82, 2.24) is 4.57 Å². The molecule has 1 heterocycles. The standard InChI is InChI=1S/C14H16ClN3O2S/c1-8-9(2)21-14(20)18(8)6-5-13(19)17-12-4-3-10(16)7-11(12)15/h3-4,7H,5-6,16H2,1-2H3,(H,17,19). The number of carbonyl (C=O) groups is 1. The molecule has 0 aliphatic rings. The van der Waals surface area contributed by atoms with Gasteiger partial charge in [0.15, 0.2) is 0 Å². The molecule has 0 unspecified atom stereocenters. The van der Waals surface area contributed by atoms with Crippen molar-refractivity contribution in [2.45, 2.75) is 26.8 Å². The van der Waals surface area contributed by atoms with Crippen LogP contribution in [0.15, 0.2) is 23.0 Å². The van der Waals surface area contributed by atoms with E-state index in [9.17, 15) is 9.59 Å². The van der Waals surface area contributed by atoms with Gasteiger partial charge < -0.3 is 15.6 Å². The molecular weight excluding hydrogens is 310 g/mol. The van der Waals surface area contributed by atoms with Crippen LogP contribution in [0.2, 0.25) is 5.02 Å². The smallest absolute Gasteiger partial charge is 0.307 e. The lowest BCUT2D eigenvalue weighted by Crippen LogP contribution is -2.20. The molecule has 1 aromatic heterocycles. The molecule has 2 rings (SSSR count). The Morgan fingerprint density at radius 3 is 2.71 bits per heavy atom. The number of aromatic nitrogens is 1. The fourth-order valence-corrected chi connectivity index (χ4v) is 3.00. The lowest BCUT2D eigenvalue weighted by atomic mass is 10.2. The van der Waals surface area contributed by atoms with E-state index in [1.807, 2.05) is 13.8 Å². The van der Waals surface area contributed by atoms with E-state index in [0.29, 0.717) is 22.9 Å². The summed E-state index contributed by atoms with van der Waals surface area (Å²) < 4.78 is 1.62. The SMILES string of the molecule is Cc1sc(=O)n(CCC(=O)Nc2ccc(N)cc2Cl)c1C. The number of thiazole rings is 1. The molecule has 1 amide bonds. The molecule has 0 aliphatic carbocycles. The number of rotatable bonds is 4. The summed E-state index contributed by atoms with van der Waals surface area (Å²) in [5.41, 5.74) is 7.55. The Morgan fingerprint density at radius 1 is 1.43 bits per heavy atom. The number of nitrogens with one attached hydrogen (secondary N) is 1. The number of hydrogen-bond donors (Lipinski definition) is 2. The van der Waals surface area contributed by atoms with Crippen LogP contribution in [0.1, 0.15) is 17.0 Å². The van der Waals surface area contributed by atoms with Gasteiger partial charge >= 0.3 is 4.87 Å². The van der Waals surface area contributed by atoms with Crippen LogP contribution in [0.4, 0.5) is 11.4 Å². The molecule has 0 saturated carbocycles. The number of carbonyl (C=O) groups excluding carboxylic acids is 1. The van der Waals surface area contributed by atoms with E-state index >= 15 is 0 Å². The van der Waals surface area contributed by atoms with Crippen molar-refractivity contribution in [2.75, 3.05) is 11.1 Å². The average molecular weight is 326 g/mol. The topological polar surface area (TPSA) is 77.1 Å². The van der Waals surface area contributed by atoms with E-state index in [1.165, 1.54) is 11.3 Å². The molecule has 0 fully saturated rings. The van der Waals surface area contributed by atoms with E-state index in [0.717, 1.165) is 10.6 Å². The minimum atomic E-state index is -0.197. The summed E-state index contributed by atoms with van der Waals surface area (Å²) >= 11 is 7.19. The molecule has 0 saturated heterocycles. The predicted molar refractivity (Wildman–Crippen MR) is 87.2 cm³/mol. The fourth-order valence-electron chi connectivity index (χ4n) is 1.90. The largest absolute Gasteiger partial charge is 0.399 e. The summed E-state index contributed by atoms with van der Waals surface area (Å²) in [4.78, 5) is 24.6. The van der Waals surface area contributed by atoms with Gasteiger partial charge in [-0.05, 0) is 32.0 Å². The summed E-state index contributed by atoms with van der Waals surface area (Å²) in [5.74, 6) is -0.197. The fraction of sp³-hybridized carbons (Fsp3) is 0.286. The maximum Gasteiger partial charge on any atom is 0.307 e. The Morgan fingerprint density at radius 2 is 2.14 bits per heavy atom. The molecule has 0 bridgehead atoms. The van der Waals surface area contributed by atoms with Gasteiger partial charge in [0, 0.05) is 29.2 Å². The Labute approximate surface area is 131 Å². The lowest BCUT2D eigenvalue weighted by molar-refractivity contribution is -0.116. The van der Waals surface area contributed by atoms with Crippen LogP contribution in [0.3, 0.4) is 0 Å². The third-order valence-corrected chi connectivity index (χ3v) is 4.51. The highest BCUT2D eigenvalue weighted by Crippen LogP contribution is 2.24. The van der Waals surface area contributed by atoms with Crippen LogP contribution in [0.25, 0.3) is 0 Å². The Balaban J connectivity index is 2.01.